The first kappa shape index (κ1) is 22.7. The van der Waals surface area contributed by atoms with Gasteiger partial charge in [0.2, 0.25) is 11.0 Å². The molecule has 1 atom stereocenters. The highest BCUT2D eigenvalue weighted by molar-refractivity contribution is 8.02. The smallest absolute Gasteiger partial charge is 0.237 e. The van der Waals surface area contributed by atoms with Gasteiger partial charge in [-0.3, -0.25) is 4.79 Å². The summed E-state index contributed by atoms with van der Waals surface area (Å²) in [6.07, 6.45) is 0. The number of carbonyl (C=O) groups excluding carboxylic acids is 1. The van der Waals surface area contributed by atoms with Gasteiger partial charge < -0.3 is 15.4 Å². The second-order valence-corrected chi connectivity index (χ2v) is 10.7. The van der Waals surface area contributed by atoms with Crippen molar-refractivity contribution in [2.45, 2.75) is 23.4 Å². The lowest BCUT2D eigenvalue weighted by Gasteiger charge is -2.10. The third-order valence-corrected chi connectivity index (χ3v) is 7.71. The van der Waals surface area contributed by atoms with Gasteiger partial charge in [-0.1, -0.05) is 29.2 Å². The van der Waals surface area contributed by atoms with E-state index in [1.54, 1.807) is 18.4 Å². The van der Waals surface area contributed by atoms with Gasteiger partial charge in [-0.2, -0.15) is 0 Å². The van der Waals surface area contributed by atoms with Crippen molar-refractivity contribution in [3.63, 3.8) is 0 Å². The van der Waals surface area contributed by atoms with Gasteiger partial charge in [0.25, 0.3) is 0 Å². The summed E-state index contributed by atoms with van der Waals surface area (Å²) in [4.78, 5) is 17.3. The molecule has 0 spiro atoms. The van der Waals surface area contributed by atoms with Crippen molar-refractivity contribution in [3.05, 3.63) is 48.0 Å². The summed E-state index contributed by atoms with van der Waals surface area (Å²) in [6, 6.07) is 14.1. The Morgan fingerprint density at radius 1 is 1.16 bits per heavy atom. The van der Waals surface area contributed by atoms with Crippen LogP contribution in [0.1, 0.15) is 12.5 Å². The summed E-state index contributed by atoms with van der Waals surface area (Å²) < 4.78 is 6.93. The van der Waals surface area contributed by atoms with Gasteiger partial charge >= 0.3 is 0 Å². The largest absolute Gasteiger partial charge is 0.383 e. The summed E-state index contributed by atoms with van der Waals surface area (Å²) >= 11 is 4.49. The van der Waals surface area contributed by atoms with Crippen LogP contribution >= 0.6 is 34.4 Å². The Morgan fingerprint density at radius 3 is 2.75 bits per heavy atom. The number of benzene rings is 2. The van der Waals surface area contributed by atoms with Crippen LogP contribution in [-0.2, 0) is 9.53 Å². The maximum absolute atomic E-state index is 12.6. The van der Waals surface area contributed by atoms with E-state index >= 15 is 0 Å². The Kier molecular flexibility index (Phi) is 7.36. The minimum Gasteiger partial charge on any atom is -0.383 e. The van der Waals surface area contributed by atoms with Crippen molar-refractivity contribution in [1.82, 2.24) is 15.2 Å². The minimum atomic E-state index is -0.304. The summed E-state index contributed by atoms with van der Waals surface area (Å²) in [5.41, 5.74) is 4.02. The lowest BCUT2D eigenvalue weighted by atomic mass is 10.2. The molecule has 0 aliphatic carbocycles. The highest BCUT2D eigenvalue weighted by atomic mass is 32.2. The number of rotatable bonds is 9. The number of fused-ring (bicyclic) bond motifs is 1. The average Bonchev–Trinajstić information content (AvgIpc) is 3.41. The SMILES string of the molecule is COCCNc1nnc(S[C@@H](C)C(=O)Nc2ccc(-c3nc4ccc(C)cc4s3)cc2)s1. The molecular formula is C22H23N5O2S3. The third-order valence-electron chi connectivity index (χ3n) is 4.58. The van der Waals surface area contributed by atoms with E-state index in [9.17, 15) is 4.79 Å². The highest BCUT2D eigenvalue weighted by Crippen LogP contribution is 2.32. The van der Waals surface area contributed by atoms with E-state index in [1.165, 1.54) is 33.4 Å². The second-order valence-electron chi connectivity index (χ2n) is 7.11. The Hall–Kier alpha value is -2.53. The van der Waals surface area contributed by atoms with Crippen molar-refractivity contribution < 1.29 is 9.53 Å². The molecule has 4 rings (SSSR count). The Bertz CT molecular complexity index is 1210. The van der Waals surface area contributed by atoms with Gasteiger partial charge in [-0.25, -0.2) is 4.98 Å². The van der Waals surface area contributed by atoms with Crippen molar-refractivity contribution in [3.8, 4) is 10.6 Å². The predicted octanol–water partition coefficient (Wildman–Crippen LogP) is 5.30. The predicted molar refractivity (Wildman–Crippen MR) is 134 cm³/mol. The summed E-state index contributed by atoms with van der Waals surface area (Å²) in [5.74, 6) is -0.0812. The number of nitrogens with zero attached hydrogens (tertiary/aromatic N) is 3. The monoisotopic (exact) mass is 485 g/mol. The number of aromatic nitrogens is 3. The number of anilines is 2. The zero-order valence-corrected chi connectivity index (χ0v) is 20.4. The summed E-state index contributed by atoms with van der Waals surface area (Å²) in [5, 5.41) is 15.7. The Morgan fingerprint density at radius 2 is 1.97 bits per heavy atom. The molecule has 2 aromatic heterocycles. The second kappa shape index (κ2) is 10.4. The molecule has 2 aromatic carbocycles. The molecular weight excluding hydrogens is 462 g/mol. The molecule has 4 aromatic rings. The number of amides is 1. The van der Waals surface area contributed by atoms with Crippen molar-refractivity contribution in [2.24, 2.45) is 0 Å². The number of carbonyl (C=O) groups is 1. The number of aryl methyl sites for hydroxylation is 1. The van der Waals surface area contributed by atoms with E-state index in [4.69, 9.17) is 9.72 Å². The topological polar surface area (TPSA) is 89.0 Å². The van der Waals surface area contributed by atoms with Crippen LogP contribution in [0.2, 0.25) is 0 Å². The molecule has 0 fully saturated rings. The molecule has 0 unspecified atom stereocenters. The minimum absolute atomic E-state index is 0.0812. The lowest BCUT2D eigenvalue weighted by molar-refractivity contribution is -0.115. The normalized spacial score (nSPS) is 12.1. The van der Waals surface area contributed by atoms with Crippen molar-refractivity contribution in [2.75, 3.05) is 30.9 Å². The molecule has 0 radical (unpaired) electrons. The van der Waals surface area contributed by atoms with Crippen LogP contribution in [0.25, 0.3) is 20.8 Å². The third kappa shape index (κ3) is 5.63. The molecule has 32 heavy (non-hydrogen) atoms. The fourth-order valence-electron chi connectivity index (χ4n) is 2.89. The molecule has 0 aliphatic heterocycles. The zero-order chi connectivity index (χ0) is 22.5. The van der Waals surface area contributed by atoms with Gasteiger partial charge in [0.15, 0.2) is 4.34 Å². The van der Waals surface area contributed by atoms with E-state index in [0.717, 1.165) is 31.2 Å². The standard InChI is InChI=1S/C22H23N5O2S3/c1-13-4-9-17-18(12-13)31-20(25-17)15-5-7-16(8-6-15)24-19(28)14(2)30-22-27-26-21(32-22)23-10-11-29-3/h4-9,12,14H,10-11H2,1-3H3,(H,23,26)(H,24,28)/t14-/m0/s1. The Balaban J connectivity index is 1.34. The first-order chi connectivity index (χ1) is 15.5. The van der Waals surface area contributed by atoms with Crippen LogP contribution in [0.5, 0.6) is 0 Å². The number of hydrogen-bond acceptors (Lipinski definition) is 9. The maximum Gasteiger partial charge on any atom is 0.237 e. The van der Waals surface area contributed by atoms with Crippen LogP contribution < -0.4 is 10.6 Å². The van der Waals surface area contributed by atoms with Crippen molar-refractivity contribution in [1.29, 1.82) is 0 Å². The molecule has 2 N–H and O–H groups in total. The lowest BCUT2D eigenvalue weighted by Crippen LogP contribution is -2.22. The molecule has 7 nitrogen and oxygen atoms in total. The van der Waals surface area contributed by atoms with E-state index in [0.29, 0.717) is 13.2 Å². The highest BCUT2D eigenvalue weighted by Gasteiger charge is 2.17. The number of ether oxygens (including phenoxy) is 1. The van der Waals surface area contributed by atoms with E-state index < -0.39 is 0 Å². The fraction of sp³-hybridized carbons (Fsp3) is 0.273. The van der Waals surface area contributed by atoms with Crippen LogP contribution in [-0.4, -0.2) is 46.6 Å². The van der Waals surface area contributed by atoms with Gasteiger partial charge in [0, 0.05) is 24.9 Å². The molecule has 1 amide bonds. The van der Waals surface area contributed by atoms with Crippen molar-refractivity contribution >= 4 is 61.4 Å². The number of thiazole rings is 1. The van der Waals surface area contributed by atoms with Crippen LogP contribution in [0.3, 0.4) is 0 Å². The number of thioether (sulfide) groups is 1. The van der Waals surface area contributed by atoms with Gasteiger partial charge in [-0.05, 0) is 55.8 Å². The first-order valence-corrected chi connectivity index (χ1v) is 12.5. The number of hydrogen-bond donors (Lipinski definition) is 2. The average molecular weight is 486 g/mol. The molecule has 2 heterocycles. The molecule has 10 heteroatoms. The van der Waals surface area contributed by atoms with E-state index in [-0.39, 0.29) is 11.2 Å². The quantitative estimate of drug-likeness (QED) is 0.246. The summed E-state index contributed by atoms with van der Waals surface area (Å²) in [6.45, 7) is 5.20. The van der Waals surface area contributed by atoms with Crippen LogP contribution in [0.4, 0.5) is 10.8 Å². The molecule has 166 valence electrons. The number of methoxy groups -OCH3 is 1. The number of nitrogens with one attached hydrogen (secondary N) is 2. The Labute approximate surface area is 198 Å². The van der Waals surface area contributed by atoms with Gasteiger partial charge in [0.05, 0.1) is 22.1 Å². The fourth-order valence-corrected chi connectivity index (χ4v) is 5.88. The first-order valence-electron chi connectivity index (χ1n) is 10.0. The van der Waals surface area contributed by atoms with E-state index in [2.05, 4.69) is 46.0 Å². The molecule has 0 bridgehead atoms. The van der Waals surface area contributed by atoms with Gasteiger partial charge in [-0.15, -0.1) is 21.5 Å². The van der Waals surface area contributed by atoms with Crippen LogP contribution in [0, 0.1) is 6.92 Å². The zero-order valence-electron chi connectivity index (χ0n) is 17.9. The van der Waals surface area contributed by atoms with Gasteiger partial charge in [0.1, 0.15) is 5.01 Å². The molecule has 0 saturated heterocycles. The molecule has 0 saturated carbocycles. The maximum atomic E-state index is 12.6. The van der Waals surface area contributed by atoms with Crippen LogP contribution in [0.15, 0.2) is 46.8 Å². The summed E-state index contributed by atoms with van der Waals surface area (Å²) in [7, 11) is 1.65. The molecule has 0 aliphatic rings. The van der Waals surface area contributed by atoms with E-state index in [1.807, 2.05) is 31.2 Å².